The van der Waals surface area contributed by atoms with Crippen LogP contribution in [-0.4, -0.2) is 18.0 Å². The molecule has 144 valence electrons. The monoisotopic (exact) mass is 375 g/mol. The lowest BCUT2D eigenvalue weighted by Gasteiger charge is -2.14. The van der Waals surface area contributed by atoms with E-state index in [1.165, 1.54) is 18.6 Å². The van der Waals surface area contributed by atoms with Gasteiger partial charge >= 0.3 is 5.97 Å². The highest BCUT2D eigenvalue weighted by molar-refractivity contribution is 5.95. The van der Waals surface area contributed by atoms with E-state index in [-0.39, 0.29) is 6.42 Å². The van der Waals surface area contributed by atoms with E-state index in [9.17, 15) is 18.4 Å². The van der Waals surface area contributed by atoms with Crippen LogP contribution in [0.15, 0.2) is 42.5 Å². The number of anilines is 1. The van der Waals surface area contributed by atoms with Gasteiger partial charge < -0.3 is 10.1 Å². The van der Waals surface area contributed by atoms with Crippen molar-refractivity contribution in [2.45, 2.75) is 45.6 Å². The molecule has 0 aliphatic heterocycles. The second-order valence-electron chi connectivity index (χ2n) is 6.31. The van der Waals surface area contributed by atoms with Crippen LogP contribution in [0.4, 0.5) is 14.5 Å². The summed E-state index contributed by atoms with van der Waals surface area (Å²) in [6.07, 6.45) is 2.05. The van der Waals surface area contributed by atoms with Crippen molar-refractivity contribution >= 4 is 17.6 Å². The molecule has 0 heterocycles. The Bertz CT molecular complexity index is 770. The van der Waals surface area contributed by atoms with Crippen LogP contribution < -0.4 is 5.32 Å². The fraction of sp³-hybridized carbons (Fsp3) is 0.333. The SMILES string of the molecule is CCCCc1ccc(CC(=O)O[C@H](C)C(=O)Nc2c(F)cccc2F)cc1. The van der Waals surface area contributed by atoms with Crippen LogP contribution in [0.2, 0.25) is 0 Å². The maximum atomic E-state index is 13.6. The van der Waals surface area contributed by atoms with Crippen molar-refractivity contribution in [3.05, 3.63) is 65.2 Å². The number of aryl methyl sites for hydroxylation is 1. The lowest BCUT2D eigenvalue weighted by Crippen LogP contribution is -2.31. The van der Waals surface area contributed by atoms with Crippen molar-refractivity contribution in [2.24, 2.45) is 0 Å². The quantitative estimate of drug-likeness (QED) is 0.695. The lowest BCUT2D eigenvalue weighted by molar-refractivity contribution is -0.152. The van der Waals surface area contributed by atoms with Gasteiger partial charge in [-0.3, -0.25) is 9.59 Å². The van der Waals surface area contributed by atoms with Crippen molar-refractivity contribution in [2.75, 3.05) is 5.32 Å². The third kappa shape index (κ3) is 6.16. The van der Waals surface area contributed by atoms with Gasteiger partial charge in [0.15, 0.2) is 6.10 Å². The summed E-state index contributed by atoms with van der Waals surface area (Å²) in [5.41, 5.74) is 1.41. The van der Waals surface area contributed by atoms with E-state index in [2.05, 4.69) is 12.2 Å². The van der Waals surface area contributed by atoms with E-state index >= 15 is 0 Å². The zero-order valence-electron chi connectivity index (χ0n) is 15.4. The maximum Gasteiger partial charge on any atom is 0.311 e. The van der Waals surface area contributed by atoms with Gasteiger partial charge in [0.05, 0.1) is 6.42 Å². The first-order valence-electron chi connectivity index (χ1n) is 8.93. The molecule has 4 nitrogen and oxygen atoms in total. The molecule has 0 radical (unpaired) electrons. The number of ether oxygens (including phenoxy) is 1. The highest BCUT2D eigenvalue weighted by Crippen LogP contribution is 2.18. The number of para-hydroxylation sites is 1. The Labute approximate surface area is 157 Å². The molecule has 2 aromatic rings. The number of carbonyl (C=O) groups is 2. The van der Waals surface area contributed by atoms with E-state index in [1.807, 2.05) is 24.3 Å². The van der Waals surface area contributed by atoms with Crippen molar-refractivity contribution in [3.63, 3.8) is 0 Å². The number of nitrogens with one attached hydrogen (secondary N) is 1. The van der Waals surface area contributed by atoms with Gasteiger partial charge in [-0.2, -0.15) is 0 Å². The van der Waals surface area contributed by atoms with E-state index in [1.54, 1.807) is 0 Å². The number of amides is 1. The van der Waals surface area contributed by atoms with Crippen LogP contribution in [-0.2, 0) is 27.2 Å². The fourth-order valence-electron chi connectivity index (χ4n) is 2.51. The first-order valence-corrected chi connectivity index (χ1v) is 8.93. The lowest BCUT2D eigenvalue weighted by atomic mass is 10.1. The molecule has 0 bridgehead atoms. The van der Waals surface area contributed by atoms with Gasteiger partial charge in [-0.1, -0.05) is 43.7 Å². The molecule has 0 saturated heterocycles. The van der Waals surface area contributed by atoms with Crippen LogP contribution in [0, 0.1) is 11.6 Å². The number of unbranched alkanes of at least 4 members (excludes halogenated alkanes) is 1. The largest absolute Gasteiger partial charge is 0.452 e. The molecule has 0 unspecified atom stereocenters. The number of carbonyl (C=O) groups excluding carboxylic acids is 2. The summed E-state index contributed by atoms with van der Waals surface area (Å²) >= 11 is 0. The Hall–Kier alpha value is -2.76. The number of halogens is 2. The molecule has 2 aromatic carbocycles. The minimum atomic E-state index is -1.18. The Morgan fingerprint density at radius 2 is 1.63 bits per heavy atom. The molecule has 0 aliphatic rings. The van der Waals surface area contributed by atoms with Gasteiger partial charge in [0.1, 0.15) is 17.3 Å². The number of benzene rings is 2. The molecule has 1 atom stereocenters. The second kappa shape index (κ2) is 9.80. The molecular formula is C21H23F2NO3. The Kier molecular flexibility index (Phi) is 7.46. The summed E-state index contributed by atoms with van der Waals surface area (Å²) in [7, 11) is 0. The molecule has 0 saturated carbocycles. The Morgan fingerprint density at radius 3 is 2.22 bits per heavy atom. The molecule has 1 N–H and O–H groups in total. The third-order valence-electron chi connectivity index (χ3n) is 4.08. The number of hydrogen-bond acceptors (Lipinski definition) is 3. The zero-order chi connectivity index (χ0) is 19.8. The van der Waals surface area contributed by atoms with Crippen molar-refractivity contribution < 1.29 is 23.1 Å². The standard InChI is InChI=1S/C21H23F2NO3/c1-3-4-6-15-9-11-16(12-10-15)13-19(25)27-14(2)21(26)24-20-17(22)7-5-8-18(20)23/h5,7-12,14H,3-4,6,13H2,1-2H3,(H,24,26)/t14-/m1/s1. The molecule has 0 aromatic heterocycles. The summed E-state index contributed by atoms with van der Waals surface area (Å²) < 4.78 is 32.2. The normalized spacial score (nSPS) is 11.7. The van der Waals surface area contributed by atoms with Gasteiger partial charge in [0.2, 0.25) is 0 Å². The predicted molar refractivity (Wildman–Crippen MR) is 99.3 cm³/mol. The first-order chi connectivity index (χ1) is 12.9. The second-order valence-corrected chi connectivity index (χ2v) is 6.31. The van der Waals surface area contributed by atoms with Crippen molar-refractivity contribution in [1.82, 2.24) is 0 Å². The number of esters is 1. The Balaban J connectivity index is 1.88. The van der Waals surface area contributed by atoms with E-state index < -0.39 is 35.3 Å². The van der Waals surface area contributed by atoms with Crippen LogP contribution in [0.3, 0.4) is 0 Å². The van der Waals surface area contributed by atoms with Gasteiger partial charge in [-0.15, -0.1) is 0 Å². The molecule has 0 aliphatic carbocycles. The smallest absolute Gasteiger partial charge is 0.311 e. The van der Waals surface area contributed by atoms with Crippen LogP contribution in [0.5, 0.6) is 0 Å². The summed E-state index contributed by atoms with van der Waals surface area (Å²) in [5, 5.41) is 2.11. The van der Waals surface area contributed by atoms with Gasteiger partial charge in [0, 0.05) is 0 Å². The number of hydrogen-bond donors (Lipinski definition) is 1. The molecule has 1 amide bonds. The van der Waals surface area contributed by atoms with Gasteiger partial charge in [0.25, 0.3) is 5.91 Å². The van der Waals surface area contributed by atoms with Crippen LogP contribution in [0.1, 0.15) is 37.8 Å². The van der Waals surface area contributed by atoms with Crippen molar-refractivity contribution in [3.8, 4) is 0 Å². The fourth-order valence-corrected chi connectivity index (χ4v) is 2.51. The van der Waals surface area contributed by atoms with Crippen LogP contribution in [0.25, 0.3) is 0 Å². The molecular weight excluding hydrogens is 352 g/mol. The molecule has 27 heavy (non-hydrogen) atoms. The zero-order valence-corrected chi connectivity index (χ0v) is 15.4. The summed E-state index contributed by atoms with van der Waals surface area (Å²) in [6.45, 7) is 3.47. The summed E-state index contributed by atoms with van der Waals surface area (Å²) in [4.78, 5) is 24.0. The van der Waals surface area contributed by atoms with Gasteiger partial charge in [-0.25, -0.2) is 8.78 Å². The topological polar surface area (TPSA) is 55.4 Å². The molecule has 2 rings (SSSR count). The van der Waals surface area contributed by atoms with Crippen molar-refractivity contribution in [1.29, 1.82) is 0 Å². The minimum Gasteiger partial charge on any atom is -0.452 e. The number of rotatable bonds is 8. The van der Waals surface area contributed by atoms with Gasteiger partial charge in [-0.05, 0) is 43.0 Å². The molecule has 6 heteroatoms. The van der Waals surface area contributed by atoms with E-state index in [0.717, 1.165) is 37.0 Å². The average Bonchev–Trinajstić information content (AvgIpc) is 2.64. The predicted octanol–water partition coefficient (Wildman–Crippen LogP) is 4.42. The first kappa shape index (κ1) is 20.6. The van der Waals surface area contributed by atoms with Crippen LogP contribution >= 0.6 is 0 Å². The third-order valence-corrected chi connectivity index (χ3v) is 4.08. The molecule has 0 fully saturated rings. The van der Waals surface area contributed by atoms with E-state index in [0.29, 0.717) is 0 Å². The van der Waals surface area contributed by atoms with E-state index in [4.69, 9.17) is 4.74 Å². The highest BCUT2D eigenvalue weighted by Gasteiger charge is 2.20. The molecule has 0 spiro atoms. The average molecular weight is 375 g/mol. The Morgan fingerprint density at radius 1 is 1.04 bits per heavy atom. The summed E-state index contributed by atoms with van der Waals surface area (Å²) in [6, 6.07) is 10.9. The maximum absolute atomic E-state index is 13.6. The minimum absolute atomic E-state index is 0.0136. The highest BCUT2D eigenvalue weighted by atomic mass is 19.1. The summed E-state index contributed by atoms with van der Waals surface area (Å²) in [5.74, 6) is -3.19.